The van der Waals surface area contributed by atoms with Gasteiger partial charge in [0.1, 0.15) is 5.84 Å². The maximum Gasteiger partial charge on any atom is 0.167 e. The molecule has 1 rings (SSSR count). The van der Waals surface area contributed by atoms with Gasteiger partial charge in [-0.3, -0.25) is 4.79 Å². The van der Waals surface area contributed by atoms with E-state index in [2.05, 4.69) is 23.7 Å². The van der Waals surface area contributed by atoms with E-state index in [-0.39, 0.29) is 5.78 Å². The van der Waals surface area contributed by atoms with Crippen LogP contribution in [0.3, 0.4) is 0 Å². The molecule has 1 heterocycles. The molecule has 0 saturated heterocycles. The van der Waals surface area contributed by atoms with E-state index in [1.165, 1.54) is 0 Å². The predicted molar refractivity (Wildman–Crippen MR) is 53.7 cm³/mol. The van der Waals surface area contributed by atoms with Crippen LogP contribution >= 0.6 is 0 Å². The molecule has 0 fully saturated rings. The Morgan fingerprint density at radius 2 is 2.08 bits per heavy atom. The fourth-order valence-corrected chi connectivity index (χ4v) is 1.35. The molecule has 0 bridgehead atoms. The van der Waals surface area contributed by atoms with Crippen LogP contribution in [0.4, 0.5) is 0 Å². The number of carbonyl (C=O) groups is 1. The fraction of sp³-hybridized carbons (Fsp3) is 0.600. The molecular weight excluding hydrogens is 164 g/mol. The summed E-state index contributed by atoms with van der Waals surface area (Å²) in [4.78, 5) is 17.7. The lowest BCUT2D eigenvalue weighted by atomic mass is 10.1. The van der Waals surface area contributed by atoms with Crippen molar-refractivity contribution in [3.05, 3.63) is 11.8 Å². The lowest BCUT2D eigenvalue weighted by Crippen LogP contribution is -2.33. The highest BCUT2D eigenvalue weighted by Crippen LogP contribution is 2.10. The van der Waals surface area contributed by atoms with Crippen molar-refractivity contribution < 1.29 is 4.79 Å². The predicted octanol–water partition coefficient (Wildman–Crippen LogP) is 1.60. The molecule has 72 valence electrons. The van der Waals surface area contributed by atoms with Gasteiger partial charge < -0.3 is 4.90 Å². The summed E-state index contributed by atoms with van der Waals surface area (Å²) in [5, 5.41) is 0. The summed E-state index contributed by atoms with van der Waals surface area (Å²) in [6, 6.07) is 0. The van der Waals surface area contributed by atoms with Gasteiger partial charge in [0.15, 0.2) is 5.78 Å². The van der Waals surface area contributed by atoms with E-state index in [4.69, 9.17) is 0 Å². The van der Waals surface area contributed by atoms with E-state index < -0.39 is 0 Å². The van der Waals surface area contributed by atoms with Gasteiger partial charge in [0.2, 0.25) is 0 Å². The standard InChI is InChI=1S/C10H16N2O/c1-4-12(5-2)10-6-9(13)8(3)7-11-10/h7H,4-6H2,1-3H3. The van der Waals surface area contributed by atoms with E-state index in [1.807, 2.05) is 6.92 Å². The maximum absolute atomic E-state index is 11.4. The van der Waals surface area contributed by atoms with E-state index in [9.17, 15) is 4.79 Å². The highest BCUT2D eigenvalue weighted by molar-refractivity contribution is 6.10. The van der Waals surface area contributed by atoms with Crippen molar-refractivity contribution in [1.82, 2.24) is 4.90 Å². The van der Waals surface area contributed by atoms with Gasteiger partial charge in [-0.05, 0) is 20.8 Å². The third kappa shape index (κ3) is 2.17. The Balaban J connectivity index is 2.77. The number of ketones is 1. The number of allylic oxidation sites excluding steroid dienone is 1. The molecule has 1 aliphatic heterocycles. The average molecular weight is 180 g/mol. The quantitative estimate of drug-likeness (QED) is 0.646. The minimum absolute atomic E-state index is 0.192. The Kier molecular flexibility index (Phi) is 3.23. The summed E-state index contributed by atoms with van der Waals surface area (Å²) in [5.41, 5.74) is 0.760. The summed E-state index contributed by atoms with van der Waals surface area (Å²) in [5.74, 6) is 1.09. The average Bonchev–Trinajstić information content (AvgIpc) is 2.13. The van der Waals surface area contributed by atoms with Gasteiger partial charge in [-0.2, -0.15) is 0 Å². The number of carbonyl (C=O) groups excluding carboxylic acids is 1. The van der Waals surface area contributed by atoms with Crippen molar-refractivity contribution in [3.8, 4) is 0 Å². The minimum atomic E-state index is 0.192. The zero-order chi connectivity index (χ0) is 9.84. The highest BCUT2D eigenvalue weighted by atomic mass is 16.1. The summed E-state index contributed by atoms with van der Waals surface area (Å²) in [6.07, 6.45) is 2.13. The van der Waals surface area contributed by atoms with Gasteiger partial charge >= 0.3 is 0 Å². The second-order valence-electron chi connectivity index (χ2n) is 3.13. The van der Waals surface area contributed by atoms with Crippen molar-refractivity contribution in [3.63, 3.8) is 0 Å². The van der Waals surface area contributed by atoms with Crippen LogP contribution in [0.25, 0.3) is 0 Å². The normalized spacial score (nSPS) is 16.7. The van der Waals surface area contributed by atoms with Crippen molar-refractivity contribution in [1.29, 1.82) is 0 Å². The molecule has 3 heteroatoms. The van der Waals surface area contributed by atoms with Crippen LogP contribution in [-0.4, -0.2) is 29.6 Å². The summed E-state index contributed by atoms with van der Waals surface area (Å²) < 4.78 is 0. The van der Waals surface area contributed by atoms with Gasteiger partial charge in [-0.25, -0.2) is 4.99 Å². The third-order valence-corrected chi connectivity index (χ3v) is 2.29. The third-order valence-electron chi connectivity index (χ3n) is 2.29. The minimum Gasteiger partial charge on any atom is -0.360 e. The largest absolute Gasteiger partial charge is 0.360 e. The molecule has 3 nitrogen and oxygen atoms in total. The molecule has 0 spiro atoms. The van der Waals surface area contributed by atoms with Crippen LogP contribution in [0, 0.1) is 0 Å². The Labute approximate surface area is 79.1 Å². The number of aliphatic imine (C=N–C) groups is 1. The summed E-state index contributed by atoms with van der Waals surface area (Å²) in [6.45, 7) is 7.78. The molecule has 0 radical (unpaired) electrons. The Bertz CT molecular complexity index is 262. The van der Waals surface area contributed by atoms with Crippen molar-refractivity contribution in [2.24, 2.45) is 4.99 Å². The SMILES string of the molecule is CCN(CC)C1=NC=C(C)C(=O)C1. The molecule has 0 unspecified atom stereocenters. The second kappa shape index (κ2) is 4.21. The Morgan fingerprint density at radius 1 is 1.46 bits per heavy atom. The first-order valence-corrected chi connectivity index (χ1v) is 4.70. The number of hydrogen-bond acceptors (Lipinski definition) is 3. The van der Waals surface area contributed by atoms with Crippen LogP contribution in [0.15, 0.2) is 16.8 Å². The van der Waals surface area contributed by atoms with Crippen LogP contribution in [0.5, 0.6) is 0 Å². The van der Waals surface area contributed by atoms with Crippen molar-refractivity contribution in [2.75, 3.05) is 13.1 Å². The zero-order valence-corrected chi connectivity index (χ0v) is 8.50. The topological polar surface area (TPSA) is 32.7 Å². The van der Waals surface area contributed by atoms with Gasteiger partial charge in [0.25, 0.3) is 0 Å². The molecule has 0 aromatic heterocycles. The van der Waals surface area contributed by atoms with Crippen molar-refractivity contribution in [2.45, 2.75) is 27.2 Å². The lowest BCUT2D eigenvalue weighted by molar-refractivity contribution is -0.114. The molecule has 0 N–H and O–H groups in total. The number of nitrogens with zero attached hydrogens (tertiary/aromatic N) is 2. The number of Topliss-reactive ketones (excluding diaryl/α,β-unsaturated/α-hetero) is 1. The first kappa shape index (κ1) is 9.96. The molecule has 0 aromatic carbocycles. The Morgan fingerprint density at radius 3 is 2.54 bits per heavy atom. The van der Waals surface area contributed by atoms with Gasteiger partial charge in [-0.15, -0.1) is 0 Å². The molecule has 0 aromatic rings. The number of amidine groups is 1. The summed E-state index contributed by atoms with van der Waals surface area (Å²) in [7, 11) is 0. The maximum atomic E-state index is 11.4. The van der Waals surface area contributed by atoms with Crippen LogP contribution in [-0.2, 0) is 4.79 Å². The van der Waals surface area contributed by atoms with E-state index >= 15 is 0 Å². The van der Waals surface area contributed by atoms with Gasteiger partial charge in [0, 0.05) is 24.9 Å². The van der Waals surface area contributed by atoms with Crippen LogP contribution in [0.2, 0.25) is 0 Å². The number of hydrogen-bond donors (Lipinski definition) is 0. The molecular formula is C10H16N2O. The van der Waals surface area contributed by atoms with Crippen LogP contribution < -0.4 is 0 Å². The summed E-state index contributed by atoms with van der Waals surface area (Å²) >= 11 is 0. The van der Waals surface area contributed by atoms with Crippen LogP contribution in [0.1, 0.15) is 27.2 Å². The molecule has 0 amide bonds. The molecule has 0 saturated carbocycles. The van der Waals surface area contributed by atoms with Crippen molar-refractivity contribution >= 4 is 11.6 Å². The molecule has 1 aliphatic rings. The van der Waals surface area contributed by atoms with Gasteiger partial charge in [-0.1, -0.05) is 0 Å². The Hall–Kier alpha value is -1.12. The molecule has 0 atom stereocenters. The van der Waals surface area contributed by atoms with Gasteiger partial charge in [0.05, 0.1) is 6.42 Å². The molecule has 13 heavy (non-hydrogen) atoms. The van der Waals surface area contributed by atoms with E-state index in [0.29, 0.717) is 6.42 Å². The highest BCUT2D eigenvalue weighted by Gasteiger charge is 2.16. The first-order chi connectivity index (χ1) is 6.19. The number of rotatable bonds is 2. The monoisotopic (exact) mass is 180 g/mol. The molecule has 0 aliphatic carbocycles. The second-order valence-corrected chi connectivity index (χ2v) is 3.13. The smallest absolute Gasteiger partial charge is 0.167 e. The van der Waals surface area contributed by atoms with E-state index in [0.717, 1.165) is 24.5 Å². The zero-order valence-electron chi connectivity index (χ0n) is 8.50. The lowest BCUT2D eigenvalue weighted by Gasteiger charge is -2.23. The fourth-order valence-electron chi connectivity index (χ4n) is 1.35. The first-order valence-electron chi connectivity index (χ1n) is 4.70. The van der Waals surface area contributed by atoms with E-state index in [1.54, 1.807) is 6.20 Å².